The number of nitrogens with two attached hydrogens (primary N) is 1. The highest BCUT2D eigenvalue weighted by Crippen LogP contribution is 2.17. The van der Waals surface area contributed by atoms with Crippen LogP contribution in [0, 0.1) is 5.92 Å². The van der Waals surface area contributed by atoms with Gasteiger partial charge in [0.05, 0.1) is 6.61 Å². The first kappa shape index (κ1) is 14.4. The Labute approximate surface area is 104 Å². The SMILES string of the molecule is COCC(N)C(=O)NCC1CCN(C(C)C)C1. The van der Waals surface area contributed by atoms with E-state index in [-0.39, 0.29) is 12.5 Å². The first-order chi connectivity index (χ1) is 8.04. The summed E-state index contributed by atoms with van der Waals surface area (Å²) in [6, 6.07) is 0.0362. The number of methoxy groups -OCH3 is 1. The Hall–Kier alpha value is -0.650. The average Bonchev–Trinajstić information content (AvgIpc) is 2.75. The monoisotopic (exact) mass is 243 g/mol. The van der Waals surface area contributed by atoms with E-state index in [9.17, 15) is 4.79 Å². The summed E-state index contributed by atoms with van der Waals surface area (Å²) in [6.07, 6.45) is 1.15. The summed E-state index contributed by atoms with van der Waals surface area (Å²) < 4.78 is 4.85. The minimum atomic E-state index is -0.553. The van der Waals surface area contributed by atoms with Crippen molar-refractivity contribution in [1.29, 1.82) is 0 Å². The molecule has 3 N–H and O–H groups in total. The fourth-order valence-electron chi connectivity index (χ4n) is 2.13. The molecule has 0 saturated carbocycles. The van der Waals surface area contributed by atoms with E-state index >= 15 is 0 Å². The summed E-state index contributed by atoms with van der Waals surface area (Å²) in [7, 11) is 1.55. The van der Waals surface area contributed by atoms with Gasteiger partial charge in [-0.1, -0.05) is 0 Å². The highest BCUT2D eigenvalue weighted by atomic mass is 16.5. The van der Waals surface area contributed by atoms with Gasteiger partial charge in [0, 0.05) is 26.2 Å². The minimum absolute atomic E-state index is 0.116. The first-order valence-electron chi connectivity index (χ1n) is 6.30. The molecule has 0 aliphatic carbocycles. The third-order valence-electron chi connectivity index (χ3n) is 3.30. The Bertz CT molecular complexity index is 246. The van der Waals surface area contributed by atoms with Crippen molar-refractivity contribution in [2.24, 2.45) is 11.7 Å². The van der Waals surface area contributed by atoms with Gasteiger partial charge in [0.2, 0.25) is 5.91 Å². The van der Waals surface area contributed by atoms with E-state index in [4.69, 9.17) is 10.5 Å². The summed E-state index contributed by atoms with van der Waals surface area (Å²) in [4.78, 5) is 14.0. The fraction of sp³-hybridized carbons (Fsp3) is 0.917. The van der Waals surface area contributed by atoms with Crippen LogP contribution < -0.4 is 11.1 Å². The first-order valence-corrected chi connectivity index (χ1v) is 6.30. The molecule has 1 rings (SSSR count). The largest absolute Gasteiger partial charge is 0.383 e. The van der Waals surface area contributed by atoms with Crippen LogP contribution >= 0.6 is 0 Å². The summed E-state index contributed by atoms with van der Waals surface area (Å²) in [5.41, 5.74) is 5.64. The van der Waals surface area contributed by atoms with Crippen LogP contribution in [0.3, 0.4) is 0 Å². The van der Waals surface area contributed by atoms with Crippen LogP contribution in [0.1, 0.15) is 20.3 Å². The van der Waals surface area contributed by atoms with E-state index in [1.165, 1.54) is 0 Å². The highest BCUT2D eigenvalue weighted by Gasteiger charge is 2.24. The van der Waals surface area contributed by atoms with E-state index in [2.05, 4.69) is 24.1 Å². The van der Waals surface area contributed by atoms with Crippen LogP contribution in [0.15, 0.2) is 0 Å². The third kappa shape index (κ3) is 4.61. The number of hydrogen-bond donors (Lipinski definition) is 2. The molecule has 100 valence electrons. The number of ether oxygens (including phenoxy) is 1. The van der Waals surface area contributed by atoms with Gasteiger partial charge in [0.25, 0.3) is 0 Å². The molecule has 17 heavy (non-hydrogen) atoms. The molecule has 0 aromatic carbocycles. The van der Waals surface area contributed by atoms with Gasteiger partial charge in [-0.05, 0) is 32.7 Å². The van der Waals surface area contributed by atoms with Crippen LogP contribution in [-0.2, 0) is 9.53 Å². The molecular weight excluding hydrogens is 218 g/mol. The molecule has 1 aliphatic rings. The average molecular weight is 243 g/mol. The number of amides is 1. The van der Waals surface area contributed by atoms with Gasteiger partial charge >= 0.3 is 0 Å². The van der Waals surface area contributed by atoms with Gasteiger partial charge in [-0.3, -0.25) is 4.79 Å². The molecule has 1 saturated heterocycles. The zero-order valence-corrected chi connectivity index (χ0v) is 11.1. The van der Waals surface area contributed by atoms with Crippen molar-refractivity contribution in [3.05, 3.63) is 0 Å². The van der Waals surface area contributed by atoms with Crippen LogP contribution in [-0.4, -0.2) is 56.2 Å². The molecule has 1 heterocycles. The Kier molecular flexibility index (Phi) is 5.88. The smallest absolute Gasteiger partial charge is 0.239 e. The summed E-state index contributed by atoms with van der Waals surface area (Å²) in [6.45, 7) is 7.60. The normalized spacial score (nSPS) is 23.0. The van der Waals surface area contributed by atoms with Gasteiger partial charge in [-0.2, -0.15) is 0 Å². The topological polar surface area (TPSA) is 67.6 Å². The van der Waals surface area contributed by atoms with Gasteiger partial charge in [0.1, 0.15) is 6.04 Å². The van der Waals surface area contributed by atoms with Crippen molar-refractivity contribution >= 4 is 5.91 Å². The number of likely N-dealkylation sites (tertiary alicyclic amines) is 1. The lowest BCUT2D eigenvalue weighted by atomic mass is 10.1. The van der Waals surface area contributed by atoms with Gasteiger partial charge in [-0.25, -0.2) is 0 Å². The zero-order valence-electron chi connectivity index (χ0n) is 11.1. The molecule has 1 aliphatic heterocycles. The van der Waals surface area contributed by atoms with Crippen LogP contribution in [0.2, 0.25) is 0 Å². The summed E-state index contributed by atoms with van der Waals surface area (Å²) >= 11 is 0. The van der Waals surface area contributed by atoms with Crippen LogP contribution in [0.25, 0.3) is 0 Å². The lowest BCUT2D eigenvalue weighted by molar-refractivity contribution is -0.123. The second kappa shape index (κ2) is 6.93. The Morgan fingerprint density at radius 3 is 2.82 bits per heavy atom. The highest BCUT2D eigenvalue weighted by molar-refractivity contribution is 5.81. The predicted molar refractivity (Wildman–Crippen MR) is 67.7 cm³/mol. The van der Waals surface area contributed by atoms with Gasteiger partial charge < -0.3 is 20.7 Å². The number of carbonyl (C=O) groups is 1. The van der Waals surface area contributed by atoms with E-state index in [1.54, 1.807) is 7.11 Å². The van der Waals surface area contributed by atoms with Gasteiger partial charge in [0.15, 0.2) is 0 Å². The molecule has 0 spiro atoms. The zero-order chi connectivity index (χ0) is 12.8. The Balaban J connectivity index is 2.21. The number of hydrogen-bond acceptors (Lipinski definition) is 4. The maximum absolute atomic E-state index is 11.6. The number of nitrogens with one attached hydrogen (secondary N) is 1. The van der Waals surface area contributed by atoms with Crippen molar-refractivity contribution < 1.29 is 9.53 Å². The summed E-state index contributed by atoms with van der Waals surface area (Å²) in [5, 5.41) is 2.90. The third-order valence-corrected chi connectivity index (χ3v) is 3.30. The van der Waals surface area contributed by atoms with Crippen LogP contribution in [0.5, 0.6) is 0 Å². The lowest BCUT2D eigenvalue weighted by Gasteiger charge is -2.20. The Morgan fingerprint density at radius 1 is 1.59 bits per heavy atom. The molecule has 0 aromatic heterocycles. The number of nitrogens with zero attached hydrogens (tertiary/aromatic N) is 1. The van der Waals surface area contributed by atoms with E-state index in [1.807, 2.05) is 0 Å². The molecule has 0 radical (unpaired) electrons. The van der Waals surface area contributed by atoms with Crippen molar-refractivity contribution in [2.75, 3.05) is 33.4 Å². The van der Waals surface area contributed by atoms with Crippen molar-refractivity contribution in [3.8, 4) is 0 Å². The van der Waals surface area contributed by atoms with E-state index in [0.717, 1.165) is 26.1 Å². The molecule has 2 atom stereocenters. The van der Waals surface area contributed by atoms with E-state index in [0.29, 0.717) is 12.0 Å². The molecule has 1 amide bonds. The minimum Gasteiger partial charge on any atom is -0.383 e. The predicted octanol–water partition coefficient (Wildman–Crippen LogP) is -0.193. The fourth-order valence-corrected chi connectivity index (χ4v) is 2.13. The van der Waals surface area contributed by atoms with Crippen molar-refractivity contribution in [3.63, 3.8) is 0 Å². The Morgan fingerprint density at radius 2 is 2.29 bits per heavy atom. The van der Waals surface area contributed by atoms with Crippen molar-refractivity contribution in [1.82, 2.24) is 10.2 Å². The quantitative estimate of drug-likeness (QED) is 0.678. The molecule has 5 heteroatoms. The van der Waals surface area contributed by atoms with Gasteiger partial charge in [-0.15, -0.1) is 0 Å². The second-order valence-corrected chi connectivity index (χ2v) is 5.05. The molecule has 0 aromatic rings. The maximum atomic E-state index is 11.6. The lowest BCUT2D eigenvalue weighted by Crippen LogP contribution is -2.45. The molecule has 0 bridgehead atoms. The number of carbonyl (C=O) groups excluding carboxylic acids is 1. The molecule has 5 nitrogen and oxygen atoms in total. The maximum Gasteiger partial charge on any atom is 0.239 e. The standard InChI is InChI=1S/C12H25N3O2/c1-9(2)15-5-4-10(7-15)6-14-12(16)11(13)8-17-3/h9-11H,4-8,13H2,1-3H3,(H,14,16). The molecule has 2 unspecified atom stereocenters. The number of rotatable bonds is 6. The molecule has 1 fully saturated rings. The summed E-state index contributed by atoms with van der Waals surface area (Å²) in [5.74, 6) is 0.436. The second-order valence-electron chi connectivity index (χ2n) is 5.05. The van der Waals surface area contributed by atoms with Crippen molar-refractivity contribution in [2.45, 2.75) is 32.4 Å². The molecular formula is C12H25N3O2. The van der Waals surface area contributed by atoms with E-state index < -0.39 is 6.04 Å². The van der Waals surface area contributed by atoms with Crippen LogP contribution in [0.4, 0.5) is 0 Å².